The lowest BCUT2D eigenvalue weighted by molar-refractivity contribution is 0.414. The fourth-order valence-corrected chi connectivity index (χ4v) is 2.50. The van der Waals surface area contributed by atoms with Crippen molar-refractivity contribution in [2.24, 2.45) is 0 Å². The van der Waals surface area contributed by atoms with Gasteiger partial charge in [-0.3, -0.25) is 0 Å². The average Bonchev–Trinajstić information content (AvgIpc) is 2.96. The van der Waals surface area contributed by atoms with Crippen molar-refractivity contribution in [2.45, 2.75) is 45.8 Å². The Labute approximate surface area is 127 Å². The molecule has 0 amide bonds. The number of ether oxygens (including phenoxy) is 1. The van der Waals surface area contributed by atoms with Gasteiger partial charge >= 0.3 is 0 Å². The van der Waals surface area contributed by atoms with Crippen LogP contribution in [0.5, 0.6) is 5.75 Å². The summed E-state index contributed by atoms with van der Waals surface area (Å²) in [7, 11) is 1.69. The van der Waals surface area contributed by atoms with Crippen LogP contribution in [0.15, 0.2) is 36.8 Å². The Kier molecular flexibility index (Phi) is 5.81. The summed E-state index contributed by atoms with van der Waals surface area (Å²) in [5.74, 6) is 0.898. The normalized spacial score (nSPS) is 12.3. The molecule has 0 radical (unpaired) electrons. The van der Waals surface area contributed by atoms with E-state index in [-0.39, 0.29) is 0 Å². The Bertz CT molecular complexity index is 533. The molecule has 1 aromatic carbocycles. The molecule has 0 aliphatic heterocycles. The summed E-state index contributed by atoms with van der Waals surface area (Å²) in [6.07, 6.45) is 6.03. The van der Waals surface area contributed by atoms with E-state index in [9.17, 15) is 0 Å². The first kappa shape index (κ1) is 15.6. The average molecular weight is 287 g/mol. The fourth-order valence-electron chi connectivity index (χ4n) is 2.50. The molecule has 0 bridgehead atoms. The molecule has 1 unspecified atom stereocenters. The molecule has 4 heteroatoms. The number of nitrogens with one attached hydrogen (secondary N) is 1. The molecule has 1 aromatic heterocycles. The molecule has 0 aliphatic rings. The summed E-state index contributed by atoms with van der Waals surface area (Å²) >= 11 is 0. The van der Waals surface area contributed by atoms with Crippen LogP contribution in [-0.2, 0) is 13.1 Å². The smallest absolute Gasteiger partial charge is 0.118 e. The van der Waals surface area contributed by atoms with Crippen LogP contribution in [0.3, 0.4) is 0 Å². The molecule has 2 rings (SSSR count). The van der Waals surface area contributed by atoms with Gasteiger partial charge in [0.05, 0.1) is 19.1 Å². The number of aryl methyl sites for hydroxylation is 1. The Morgan fingerprint density at radius 3 is 2.62 bits per heavy atom. The maximum absolute atomic E-state index is 5.21. The standard InChI is InChI=1S/C17H25N3O/c1-4-10-20-13-18-11-15(20)12-19-17(5-2)14-6-8-16(21-3)9-7-14/h6-9,11,13,17,19H,4-5,10,12H2,1-3H3. The highest BCUT2D eigenvalue weighted by atomic mass is 16.5. The van der Waals surface area contributed by atoms with Crippen LogP contribution in [-0.4, -0.2) is 16.7 Å². The largest absolute Gasteiger partial charge is 0.497 e. The lowest BCUT2D eigenvalue weighted by Gasteiger charge is -2.18. The molecule has 0 spiro atoms. The molecule has 2 aromatic rings. The van der Waals surface area contributed by atoms with E-state index in [1.165, 1.54) is 11.3 Å². The zero-order valence-corrected chi connectivity index (χ0v) is 13.2. The molecule has 1 N–H and O–H groups in total. The minimum atomic E-state index is 0.348. The summed E-state index contributed by atoms with van der Waals surface area (Å²) in [5.41, 5.74) is 2.53. The summed E-state index contributed by atoms with van der Waals surface area (Å²) in [6, 6.07) is 8.63. The van der Waals surface area contributed by atoms with Gasteiger partial charge in [0.15, 0.2) is 0 Å². The van der Waals surface area contributed by atoms with Crippen molar-refractivity contribution < 1.29 is 4.74 Å². The van der Waals surface area contributed by atoms with Crippen LogP contribution in [0.1, 0.15) is 44.0 Å². The van der Waals surface area contributed by atoms with E-state index < -0.39 is 0 Å². The molecule has 0 saturated heterocycles. The number of hydrogen-bond donors (Lipinski definition) is 1. The van der Waals surface area contributed by atoms with Crippen molar-refractivity contribution in [1.29, 1.82) is 0 Å². The molecule has 4 nitrogen and oxygen atoms in total. The topological polar surface area (TPSA) is 39.1 Å². The highest BCUT2D eigenvalue weighted by Gasteiger charge is 2.10. The molecular weight excluding hydrogens is 262 g/mol. The zero-order valence-electron chi connectivity index (χ0n) is 13.2. The van der Waals surface area contributed by atoms with Gasteiger partial charge in [0.25, 0.3) is 0 Å². The van der Waals surface area contributed by atoms with Gasteiger partial charge in [0, 0.05) is 25.3 Å². The van der Waals surface area contributed by atoms with E-state index in [1.54, 1.807) is 7.11 Å². The van der Waals surface area contributed by atoms with E-state index >= 15 is 0 Å². The predicted molar refractivity (Wildman–Crippen MR) is 85.4 cm³/mol. The number of rotatable bonds is 8. The van der Waals surface area contributed by atoms with E-state index in [0.717, 1.165) is 31.7 Å². The van der Waals surface area contributed by atoms with Gasteiger partial charge < -0.3 is 14.6 Å². The maximum Gasteiger partial charge on any atom is 0.118 e. The van der Waals surface area contributed by atoms with Gasteiger partial charge in [-0.2, -0.15) is 0 Å². The molecule has 21 heavy (non-hydrogen) atoms. The van der Waals surface area contributed by atoms with E-state index in [4.69, 9.17) is 4.74 Å². The Hall–Kier alpha value is -1.81. The maximum atomic E-state index is 5.21. The first-order valence-electron chi connectivity index (χ1n) is 7.64. The molecule has 1 heterocycles. The van der Waals surface area contributed by atoms with Crippen LogP contribution in [0.4, 0.5) is 0 Å². The Balaban J connectivity index is 1.99. The molecule has 0 saturated carbocycles. The second-order valence-electron chi connectivity index (χ2n) is 5.19. The van der Waals surface area contributed by atoms with Crippen molar-refractivity contribution >= 4 is 0 Å². The summed E-state index contributed by atoms with van der Waals surface area (Å²) < 4.78 is 7.43. The van der Waals surface area contributed by atoms with Gasteiger partial charge in [-0.25, -0.2) is 4.98 Å². The molecule has 114 valence electrons. The van der Waals surface area contributed by atoms with Crippen LogP contribution in [0, 0.1) is 0 Å². The van der Waals surface area contributed by atoms with Crippen LogP contribution in [0.25, 0.3) is 0 Å². The van der Waals surface area contributed by atoms with Gasteiger partial charge in [-0.1, -0.05) is 26.0 Å². The van der Waals surface area contributed by atoms with E-state index in [1.807, 2.05) is 24.7 Å². The van der Waals surface area contributed by atoms with Crippen LogP contribution >= 0.6 is 0 Å². The van der Waals surface area contributed by atoms with Gasteiger partial charge in [-0.05, 0) is 30.5 Å². The zero-order chi connectivity index (χ0) is 15.1. The lowest BCUT2D eigenvalue weighted by atomic mass is 10.0. The number of hydrogen-bond acceptors (Lipinski definition) is 3. The highest BCUT2D eigenvalue weighted by molar-refractivity contribution is 5.29. The van der Waals surface area contributed by atoms with Gasteiger partial charge in [-0.15, -0.1) is 0 Å². The minimum absolute atomic E-state index is 0.348. The molecule has 0 fully saturated rings. The third kappa shape index (κ3) is 4.08. The van der Waals surface area contributed by atoms with Gasteiger partial charge in [0.2, 0.25) is 0 Å². The molecule has 1 atom stereocenters. The number of benzene rings is 1. The summed E-state index contributed by atoms with van der Waals surface area (Å²) in [5, 5.41) is 3.62. The van der Waals surface area contributed by atoms with Crippen molar-refractivity contribution in [3.8, 4) is 5.75 Å². The Morgan fingerprint density at radius 2 is 2.00 bits per heavy atom. The lowest BCUT2D eigenvalue weighted by Crippen LogP contribution is -2.21. The first-order valence-corrected chi connectivity index (χ1v) is 7.64. The van der Waals surface area contributed by atoms with Crippen molar-refractivity contribution in [1.82, 2.24) is 14.9 Å². The van der Waals surface area contributed by atoms with E-state index in [2.05, 4.69) is 40.8 Å². The molecular formula is C17H25N3O. The number of methoxy groups -OCH3 is 1. The first-order chi connectivity index (χ1) is 10.3. The number of aromatic nitrogens is 2. The van der Waals surface area contributed by atoms with Crippen molar-refractivity contribution in [3.05, 3.63) is 48.0 Å². The van der Waals surface area contributed by atoms with E-state index in [0.29, 0.717) is 6.04 Å². The quantitative estimate of drug-likeness (QED) is 0.807. The number of nitrogens with zero attached hydrogens (tertiary/aromatic N) is 2. The molecule has 0 aliphatic carbocycles. The monoisotopic (exact) mass is 287 g/mol. The SMILES string of the molecule is CCCn1cncc1CNC(CC)c1ccc(OC)cc1. The van der Waals surface area contributed by atoms with Crippen LogP contribution in [0.2, 0.25) is 0 Å². The second-order valence-corrected chi connectivity index (χ2v) is 5.19. The second kappa shape index (κ2) is 7.84. The van der Waals surface area contributed by atoms with Crippen molar-refractivity contribution in [2.75, 3.05) is 7.11 Å². The fraction of sp³-hybridized carbons (Fsp3) is 0.471. The summed E-state index contributed by atoms with van der Waals surface area (Å²) in [4.78, 5) is 4.25. The number of imidazole rings is 1. The Morgan fingerprint density at radius 1 is 1.24 bits per heavy atom. The predicted octanol–water partition coefficient (Wildman–Crippen LogP) is 3.54. The van der Waals surface area contributed by atoms with Gasteiger partial charge in [0.1, 0.15) is 5.75 Å². The van der Waals surface area contributed by atoms with Crippen molar-refractivity contribution in [3.63, 3.8) is 0 Å². The summed E-state index contributed by atoms with van der Waals surface area (Å²) in [6.45, 7) is 6.25. The minimum Gasteiger partial charge on any atom is -0.497 e. The van der Waals surface area contributed by atoms with Crippen LogP contribution < -0.4 is 10.1 Å². The highest BCUT2D eigenvalue weighted by Crippen LogP contribution is 2.20. The third-order valence-corrected chi connectivity index (χ3v) is 3.72. The third-order valence-electron chi connectivity index (χ3n) is 3.72.